The van der Waals surface area contributed by atoms with Crippen molar-refractivity contribution in [1.82, 2.24) is 14.1 Å². The maximum Gasteiger partial charge on any atom is 0.343 e. The van der Waals surface area contributed by atoms with Crippen molar-refractivity contribution in [1.29, 1.82) is 0 Å². The van der Waals surface area contributed by atoms with Crippen molar-refractivity contribution in [3.05, 3.63) is 119 Å². The van der Waals surface area contributed by atoms with E-state index in [1.165, 1.54) is 12.3 Å². The van der Waals surface area contributed by atoms with Crippen LogP contribution in [0.3, 0.4) is 0 Å². The number of ether oxygens (including phenoxy) is 1. The zero-order valence-corrected chi connectivity index (χ0v) is 22.7. The van der Waals surface area contributed by atoms with Crippen LogP contribution in [0.5, 0.6) is 0 Å². The van der Waals surface area contributed by atoms with Crippen LogP contribution < -0.4 is 15.2 Å². The Balaban J connectivity index is 1.42. The van der Waals surface area contributed by atoms with Crippen molar-refractivity contribution >= 4 is 28.2 Å². The van der Waals surface area contributed by atoms with Crippen molar-refractivity contribution in [2.24, 2.45) is 0 Å². The van der Waals surface area contributed by atoms with Crippen molar-refractivity contribution < 1.29 is 13.9 Å². The fourth-order valence-electron chi connectivity index (χ4n) is 5.38. The second kappa shape index (κ2) is 11.3. The van der Waals surface area contributed by atoms with E-state index in [1.54, 1.807) is 30.1 Å². The van der Waals surface area contributed by atoms with Gasteiger partial charge in [-0.25, -0.2) is 14.2 Å². The number of nitrogens with zero attached hydrogens (tertiary/aromatic N) is 5. The SMILES string of the molecule is CCOC(=O)c1cn(-c2cccc(Cn3ccnc3)c2)c2cc(N3CCN(c4ccccc4)CC3)c(F)cc2c1=O. The monoisotopic (exact) mass is 551 g/mol. The van der Waals surface area contributed by atoms with E-state index in [1.807, 2.05) is 58.1 Å². The molecule has 0 radical (unpaired) electrons. The highest BCUT2D eigenvalue weighted by molar-refractivity contribution is 5.95. The molecule has 1 fully saturated rings. The molecule has 0 unspecified atom stereocenters. The number of hydrogen-bond donors (Lipinski definition) is 0. The first-order chi connectivity index (χ1) is 20.0. The van der Waals surface area contributed by atoms with E-state index in [0.29, 0.717) is 30.8 Å². The number of hydrogen-bond acceptors (Lipinski definition) is 6. The van der Waals surface area contributed by atoms with Crippen molar-refractivity contribution in [3.8, 4) is 5.69 Å². The number of carbonyl (C=O) groups is 1. The van der Waals surface area contributed by atoms with Crippen LogP contribution in [0.2, 0.25) is 0 Å². The van der Waals surface area contributed by atoms with Gasteiger partial charge in [0.05, 0.1) is 24.1 Å². The van der Waals surface area contributed by atoms with Gasteiger partial charge < -0.3 is 23.7 Å². The van der Waals surface area contributed by atoms with Crippen LogP contribution in [0.25, 0.3) is 16.6 Å². The highest BCUT2D eigenvalue weighted by atomic mass is 19.1. The number of halogens is 1. The van der Waals surface area contributed by atoms with Gasteiger partial charge in [-0.2, -0.15) is 0 Å². The number of para-hydroxylation sites is 1. The number of anilines is 2. The Morgan fingerprint density at radius 1 is 0.951 bits per heavy atom. The van der Waals surface area contributed by atoms with Crippen molar-refractivity contribution in [3.63, 3.8) is 0 Å². The van der Waals surface area contributed by atoms with E-state index in [-0.39, 0.29) is 17.6 Å². The lowest BCUT2D eigenvalue weighted by Gasteiger charge is -2.37. The molecule has 208 valence electrons. The van der Waals surface area contributed by atoms with E-state index in [9.17, 15) is 9.59 Å². The molecule has 41 heavy (non-hydrogen) atoms. The lowest BCUT2D eigenvalue weighted by molar-refractivity contribution is 0.0524. The largest absolute Gasteiger partial charge is 0.462 e. The minimum atomic E-state index is -0.732. The van der Waals surface area contributed by atoms with Crippen LogP contribution >= 0.6 is 0 Å². The lowest BCUT2D eigenvalue weighted by Crippen LogP contribution is -2.46. The number of carbonyl (C=O) groups excluding carboxylic acids is 1. The third-order valence-corrected chi connectivity index (χ3v) is 7.42. The molecule has 0 atom stereocenters. The molecule has 0 spiro atoms. The highest BCUT2D eigenvalue weighted by Gasteiger charge is 2.24. The Kier molecular flexibility index (Phi) is 7.24. The molecule has 3 aromatic carbocycles. The first-order valence-electron chi connectivity index (χ1n) is 13.7. The van der Waals surface area contributed by atoms with Crippen LogP contribution in [0.4, 0.5) is 15.8 Å². The van der Waals surface area contributed by atoms with Crippen molar-refractivity contribution in [2.75, 3.05) is 42.6 Å². The van der Waals surface area contributed by atoms with Gasteiger partial charge in [0.2, 0.25) is 5.43 Å². The summed E-state index contributed by atoms with van der Waals surface area (Å²) >= 11 is 0. The molecule has 3 heterocycles. The molecule has 1 aliphatic heterocycles. The van der Waals surface area contributed by atoms with Crippen LogP contribution in [-0.2, 0) is 11.3 Å². The number of piperazine rings is 1. The predicted octanol–water partition coefficient (Wildman–Crippen LogP) is 4.88. The number of esters is 1. The fraction of sp³-hybridized carbons (Fsp3) is 0.219. The number of aromatic nitrogens is 3. The zero-order chi connectivity index (χ0) is 28.3. The topological polar surface area (TPSA) is 72.6 Å². The Labute approximate surface area is 236 Å². The first kappa shape index (κ1) is 26.3. The lowest BCUT2D eigenvalue weighted by atomic mass is 10.1. The fourth-order valence-corrected chi connectivity index (χ4v) is 5.38. The highest BCUT2D eigenvalue weighted by Crippen LogP contribution is 2.29. The molecule has 1 saturated heterocycles. The van der Waals surface area contributed by atoms with Gasteiger partial charge in [0.15, 0.2) is 0 Å². The first-order valence-corrected chi connectivity index (χ1v) is 13.7. The van der Waals surface area contributed by atoms with E-state index >= 15 is 4.39 Å². The third kappa shape index (κ3) is 5.30. The number of fused-ring (bicyclic) bond motifs is 1. The molecule has 5 aromatic rings. The van der Waals surface area contributed by atoms with Crippen LogP contribution in [0.1, 0.15) is 22.8 Å². The minimum Gasteiger partial charge on any atom is -0.462 e. The summed E-state index contributed by atoms with van der Waals surface area (Å²) < 4.78 is 24.6. The molecule has 1 aliphatic rings. The van der Waals surface area contributed by atoms with Crippen LogP contribution in [0.15, 0.2) is 96.4 Å². The maximum atomic E-state index is 15.7. The molecule has 2 aromatic heterocycles. The van der Waals surface area contributed by atoms with Gasteiger partial charge in [-0.3, -0.25) is 4.79 Å². The molecule has 0 saturated carbocycles. The van der Waals surface area contributed by atoms with Gasteiger partial charge >= 0.3 is 5.97 Å². The molecule has 0 aliphatic carbocycles. The second-order valence-electron chi connectivity index (χ2n) is 10.00. The summed E-state index contributed by atoms with van der Waals surface area (Å²) in [5.41, 5.74) is 3.14. The summed E-state index contributed by atoms with van der Waals surface area (Å²) in [6.45, 7) is 5.15. The summed E-state index contributed by atoms with van der Waals surface area (Å²) in [4.78, 5) is 34.6. The number of imidazole rings is 1. The van der Waals surface area contributed by atoms with Gasteiger partial charge in [-0.05, 0) is 48.9 Å². The summed E-state index contributed by atoms with van der Waals surface area (Å²) in [6.07, 6.45) is 6.86. The number of rotatable bonds is 7. The number of benzene rings is 3. The Morgan fingerprint density at radius 2 is 1.71 bits per heavy atom. The van der Waals surface area contributed by atoms with Gasteiger partial charge in [0.25, 0.3) is 0 Å². The molecule has 0 N–H and O–H groups in total. The van der Waals surface area contributed by atoms with Gasteiger partial charge in [-0.1, -0.05) is 30.3 Å². The van der Waals surface area contributed by atoms with Crippen molar-refractivity contribution in [2.45, 2.75) is 13.5 Å². The summed E-state index contributed by atoms with van der Waals surface area (Å²) in [6, 6.07) is 21.0. The van der Waals surface area contributed by atoms with Gasteiger partial charge in [-0.15, -0.1) is 0 Å². The summed E-state index contributed by atoms with van der Waals surface area (Å²) in [7, 11) is 0. The quantitative estimate of drug-likeness (QED) is 0.269. The third-order valence-electron chi connectivity index (χ3n) is 7.42. The van der Waals surface area contributed by atoms with Gasteiger partial charge in [0.1, 0.15) is 11.4 Å². The zero-order valence-electron chi connectivity index (χ0n) is 22.7. The smallest absolute Gasteiger partial charge is 0.343 e. The predicted molar refractivity (Wildman–Crippen MR) is 158 cm³/mol. The Morgan fingerprint density at radius 3 is 2.44 bits per heavy atom. The van der Waals surface area contributed by atoms with E-state index in [0.717, 1.165) is 30.0 Å². The molecule has 0 amide bonds. The van der Waals surface area contributed by atoms with Gasteiger partial charge in [0, 0.05) is 68.1 Å². The number of pyridine rings is 1. The summed E-state index contributed by atoms with van der Waals surface area (Å²) in [5.74, 6) is -1.23. The normalized spacial score (nSPS) is 13.5. The molecule has 9 heteroatoms. The molecular weight excluding hydrogens is 521 g/mol. The standard InChI is InChI=1S/C32H30FN5O3/c1-2-41-32(40)27-21-38(25-10-6-7-23(17-25)20-35-12-11-34-22-35)29-19-30(28(33)18-26(29)31(27)39)37-15-13-36(14-16-37)24-8-4-3-5-9-24/h3-12,17-19,21-22H,2,13-16,20H2,1H3. The summed E-state index contributed by atoms with van der Waals surface area (Å²) in [5, 5.41) is 0.125. The van der Waals surface area contributed by atoms with Crippen LogP contribution in [0, 0.1) is 5.82 Å². The average Bonchev–Trinajstić information content (AvgIpc) is 3.51. The Bertz CT molecular complexity index is 1740. The van der Waals surface area contributed by atoms with E-state index in [2.05, 4.69) is 22.0 Å². The molecule has 0 bridgehead atoms. The van der Waals surface area contributed by atoms with E-state index in [4.69, 9.17) is 4.74 Å². The minimum absolute atomic E-state index is 0.124. The molecule has 8 nitrogen and oxygen atoms in total. The molecule has 6 rings (SSSR count). The van der Waals surface area contributed by atoms with Crippen LogP contribution in [-0.4, -0.2) is 52.9 Å². The Hall–Kier alpha value is -4.92. The average molecular weight is 552 g/mol. The van der Waals surface area contributed by atoms with E-state index < -0.39 is 17.2 Å². The molecular formula is C32H30FN5O3. The second-order valence-corrected chi connectivity index (χ2v) is 10.00. The maximum absolute atomic E-state index is 15.7.